The lowest BCUT2D eigenvalue weighted by atomic mass is 10.1. The number of carbonyl (C=O) groups excluding carboxylic acids is 2. The van der Waals surface area contributed by atoms with Crippen molar-refractivity contribution < 1.29 is 27.5 Å². The van der Waals surface area contributed by atoms with Gasteiger partial charge in [-0.05, 0) is 49.6 Å². The fraction of sp³-hybridized carbons (Fsp3) is 0.222. The molecule has 8 heteroatoms. The van der Waals surface area contributed by atoms with E-state index in [1.165, 1.54) is 30.8 Å². The van der Waals surface area contributed by atoms with Crippen molar-refractivity contribution in [2.75, 3.05) is 11.6 Å². The maximum absolute atomic E-state index is 13.0. The number of anilines is 1. The third-order valence-electron chi connectivity index (χ3n) is 3.47. The highest BCUT2D eigenvalue weighted by Crippen LogP contribution is 2.34. The molecule has 0 aliphatic rings. The molecule has 0 aliphatic carbocycles. The van der Waals surface area contributed by atoms with Gasteiger partial charge in [0.2, 0.25) is 0 Å². The summed E-state index contributed by atoms with van der Waals surface area (Å²) < 4.78 is 43.9. The third-order valence-corrected chi connectivity index (χ3v) is 4.21. The number of nitrogens with one attached hydrogen (secondary N) is 1. The van der Waals surface area contributed by atoms with Crippen LogP contribution >= 0.6 is 11.8 Å². The van der Waals surface area contributed by atoms with Gasteiger partial charge in [0, 0.05) is 4.90 Å². The van der Waals surface area contributed by atoms with E-state index in [9.17, 15) is 22.8 Å². The Morgan fingerprint density at radius 2 is 1.69 bits per heavy atom. The summed E-state index contributed by atoms with van der Waals surface area (Å²) >= 11 is 1.50. The molecule has 0 unspecified atom stereocenters. The first-order valence-corrected chi connectivity index (χ1v) is 8.77. The monoisotopic (exact) mass is 383 g/mol. The number of esters is 1. The van der Waals surface area contributed by atoms with E-state index in [2.05, 4.69) is 5.32 Å². The van der Waals surface area contributed by atoms with Crippen LogP contribution in [0.1, 0.15) is 22.8 Å². The minimum absolute atomic E-state index is 0.248. The van der Waals surface area contributed by atoms with Crippen molar-refractivity contribution in [3.8, 4) is 0 Å². The Balaban J connectivity index is 2.05. The predicted molar refractivity (Wildman–Crippen MR) is 93.2 cm³/mol. The lowest BCUT2D eigenvalue weighted by molar-refractivity contribution is -0.137. The summed E-state index contributed by atoms with van der Waals surface area (Å²) in [6.07, 6.45) is -3.98. The largest absolute Gasteiger partial charge is 0.449 e. The molecule has 2 rings (SSSR count). The van der Waals surface area contributed by atoms with Gasteiger partial charge in [-0.3, -0.25) is 4.79 Å². The van der Waals surface area contributed by atoms with Crippen LogP contribution in [-0.2, 0) is 15.7 Å². The quantitative estimate of drug-likeness (QED) is 0.605. The number of rotatable bonds is 5. The Hall–Kier alpha value is -2.48. The molecule has 0 saturated heterocycles. The van der Waals surface area contributed by atoms with Crippen molar-refractivity contribution in [3.63, 3.8) is 0 Å². The Labute approximate surface area is 152 Å². The van der Waals surface area contributed by atoms with E-state index in [4.69, 9.17) is 4.74 Å². The number of halogens is 3. The number of hydrogen-bond donors (Lipinski definition) is 1. The fourth-order valence-electron chi connectivity index (χ4n) is 2.08. The molecule has 0 fully saturated rings. The van der Waals surface area contributed by atoms with Gasteiger partial charge in [-0.2, -0.15) is 13.2 Å². The van der Waals surface area contributed by atoms with Crippen LogP contribution in [0.25, 0.3) is 0 Å². The molecule has 1 atom stereocenters. The average molecular weight is 383 g/mol. The van der Waals surface area contributed by atoms with Crippen LogP contribution < -0.4 is 5.32 Å². The van der Waals surface area contributed by atoms with Crippen LogP contribution in [-0.4, -0.2) is 24.2 Å². The van der Waals surface area contributed by atoms with Gasteiger partial charge in [0.05, 0.1) is 16.8 Å². The van der Waals surface area contributed by atoms with Crippen molar-refractivity contribution >= 4 is 29.3 Å². The topological polar surface area (TPSA) is 55.4 Å². The molecule has 1 amide bonds. The van der Waals surface area contributed by atoms with Crippen LogP contribution in [0.5, 0.6) is 0 Å². The van der Waals surface area contributed by atoms with Gasteiger partial charge in [-0.25, -0.2) is 4.79 Å². The Kier molecular flexibility index (Phi) is 6.31. The van der Waals surface area contributed by atoms with E-state index in [1.54, 1.807) is 24.3 Å². The molecule has 0 aromatic heterocycles. The fourth-order valence-corrected chi connectivity index (χ4v) is 2.49. The molecule has 1 N–H and O–H groups in total. The zero-order valence-corrected chi connectivity index (χ0v) is 14.8. The SMILES string of the molecule is CSc1ccc(C(=O)O[C@H](C)C(=O)Nc2ccccc2C(F)(F)F)cc1. The molecular weight excluding hydrogens is 367 g/mol. The van der Waals surface area contributed by atoms with E-state index in [-0.39, 0.29) is 5.56 Å². The van der Waals surface area contributed by atoms with Crippen LogP contribution in [0, 0.1) is 0 Å². The summed E-state index contributed by atoms with van der Waals surface area (Å²) in [6.45, 7) is 1.29. The molecule has 0 bridgehead atoms. The van der Waals surface area contributed by atoms with Crippen molar-refractivity contribution in [2.24, 2.45) is 0 Å². The van der Waals surface area contributed by atoms with Crippen LogP contribution in [0.2, 0.25) is 0 Å². The van der Waals surface area contributed by atoms with E-state index >= 15 is 0 Å². The zero-order chi connectivity index (χ0) is 19.3. The number of ether oxygens (including phenoxy) is 1. The van der Waals surface area contributed by atoms with Crippen LogP contribution in [0.3, 0.4) is 0 Å². The Bertz CT molecular complexity index is 791. The highest BCUT2D eigenvalue weighted by molar-refractivity contribution is 7.98. The molecule has 2 aromatic rings. The molecule has 4 nitrogen and oxygen atoms in total. The molecule has 0 saturated carbocycles. The highest BCUT2D eigenvalue weighted by Gasteiger charge is 2.34. The third kappa shape index (κ3) is 5.01. The van der Waals surface area contributed by atoms with Crippen LogP contribution in [0.4, 0.5) is 18.9 Å². The molecule has 0 heterocycles. The normalized spacial score (nSPS) is 12.3. The first-order valence-electron chi connectivity index (χ1n) is 7.54. The molecular formula is C18H16F3NO3S. The number of carbonyl (C=O) groups is 2. The second-order valence-electron chi connectivity index (χ2n) is 5.31. The van der Waals surface area contributed by atoms with Crippen molar-refractivity contribution in [3.05, 3.63) is 59.7 Å². The molecule has 0 spiro atoms. The zero-order valence-electron chi connectivity index (χ0n) is 14.0. The maximum atomic E-state index is 13.0. The Morgan fingerprint density at radius 1 is 1.08 bits per heavy atom. The highest BCUT2D eigenvalue weighted by atomic mass is 32.2. The van der Waals surface area contributed by atoms with Gasteiger partial charge in [0.15, 0.2) is 6.10 Å². The van der Waals surface area contributed by atoms with Gasteiger partial charge in [0.25, 0.3) is 5.91 Å². The molecule has 0 radical (unpaired) electrons. The number of amides is 1. The van der Waals surface area contributed by atoms with E-state index < -0.39 is 35.4 Å². The van der Waals surface area contributed by atoms with E-state index in [0.717, 1.165) is 17.0 Å². The van der Waals surface area contributed by atoms with Crippen molar-refractivity contribution in [2.45, 2.75) is 24.1 Å². The smallest absolute Gasteiger partial charge is 0.418 e. The minimum Gasteiger partial charge on any atom is -0.449 e. The summed E-state index contributed by atoms with van der Waals surface area (Å²) in [4.78, 5) is 25.1. The molecule has 138 valence electrons. The summed E-state index contributed by atoms with van der Waals surface area (Å²) in [5, 5.41) is 2.15. The van der Waals surface area contributed by atoms with Crippen LogP contribution in [0.15, 0.2) is 53.4 Å². The molecule has 0 aliphatic heterocycles. The number of hydrogen-bond acceptors (Lipinski definition) is 4. The second kappa shape index (κ2) is 8.27. The van der Waals surface area contributed by atoms with Gasteiger partial charge < -0.3 is 10.1 Å². The van der Waals surface area contributed by atoms with Crippen molar-refractivity contribution in [1.29, 1.82) is 0 Å². The van der Waals surface area contributed by atoms with Gasteiger partial charge in [0.1, 0.15) is 0 Å². The molecule has 2 aromatic carbocycles. The lowest BCUT2D eigenvalue weighted by Gasteiger charge is -2.16. The average Bonchev–Trinajstić information content (AvgIpc) is 2.61. The maximum Gasteiger partial charge on any atom is 0.418 e. The molecule has 26 heavy (non-hydrogen) atoms. The first kappa shape index (κ1) is 19.8. The van der Waals surface area contributed by atoms with E-state index in [1.807, 2.05) is 6.26 Å². The number of para-hydroxylation sites is 1. The Morgan fingerprint density at radius 3 is 2.27 bits per heavy atom. The summed E-state index contributed by atoms with van der Waals surface area (Å²) in [7, 11) is 0. The van der Waals surface area contributed by atoms with Crippen molar-refractivity contribution in [1.82, 2.24) is 0 Å². The predicted octanol–water partition coefficient (Wildman–Crippen LogP) is 4.61. The minimum atomic E-state index is -4.61. The number of thioether (sulfide) groups is 1. The lowest BCUT2D eigenvalue weighted by Crippen LogP contribution is -2.30. The number of alkyl halides is 3. The summed E-state index contributed by atoms with van der Waals surface area (Å²) in [5.41, 5.74) is -1.12. The van der Waals surface area contributed by atoms with Gasteiger partial charge in [-0.1, -0.05) is 12.1 Å². The van der Waals surface area contributed by atoms with Gasteiger partial charge in [-0.15, -0.1) is 11.8 Å². The summed E-state index contributed by atoms with van der Waals surface area (Å²) in [6, 6.07) is 11.2. The second-order valence-corrected chi connectivity index (χ2v) is 6.19. The van der Waals surface area contributed by atoms with E-state index in [0.29, 0.717) is 0 Å². The summed E-state index contributed by atoms with van der Waals surface area (Å²) in [5.74, 6) is -1.58. The first-order chi connectivity index (χ1) is 12.2. The van der Waals surface area contributed by atoms with Gasteiger partial charge >= 0.3 is 12.1 Å². The number of benzene rings is 2. The standard InChI is InChI=1S/C18H16F3NO3S/c1-11(25-17(24)12-7-9-13(26-2)10-8-12)16(23)22-15-6-4-3-5-14(15)18(19,20)21/h3-11H,1-2H3,(H,22,23)/t11-/m1/s1.